The zero-order chi connectivity index (χ0) is 17.9. The minimum atomic E-state index is -0.337. The average molecular weight is 339 g/mol. The van der Waals surface area contributed by atoms with Crippen LogP contribution in [-0.4, -0.2) is 11.0 Å². The molecule has 0 bridgehead atoms. The van der Waals surface area contributed by atoms with Gasteiger partial charge in [0, 0.05) is 11.3 Å². The van der Waals surface area contributed by atoms with E-state index in [-0.39, 0.29) is 17.2 Å². The van der Waals surface area contributed by atoms with Gasteiger partial charge in [0.2, 0.25) is 0 Å². The van der Waals surface area contributed by atoms with Gasteiger partial charge in [-0.2, -0.15) is 0 Å². The largest absolute Gasteiger partial charge is 0.506 e. The maximum atomic E-state index is 12.6. The van der Waals surface area contributed by atoms with Gasteiger partial charge in [-0.05, 0) is 34.5 Å². The summed E-state index contributed by atoms with van der Waals surface area (Å²) < 4.78 is 0. The van der Waals surface area contributed by atoms with E-state index in [1.54, 1.807) is 12.1 Å². The Kier molecular flexibility index (Phi) is 4.12. The molecule has 26 heavy (non-hydrogen) atoms. The number of rotatable bonds is 3. The zero-order valence-electron chi connectivity index (χ0n) is 14.0. The minimum Gasteiger partial charge on any atom is -0.506 e. The number of carbonyl (C=O) groups excluding carboxylic acids is 1. The second-order valence-electron chi connectivity index (χ2n) is 6.05. The number of carbonyl (C=O) groups is 1. The zero-order valence-corrected chi connectivity index (χ0v) is 14.0. The minimum absolute atomic E-state index is 0.0164. The summed E-state index contributed by atoms with van der Waals surface area (Å²) in [5.41, 5.74) is 2.48. The molecule has 0 spiro atoms. The van der Waals surface area contributed by atoms with E-state index in [9.17, 15) is 9.90 Å². The summed E-state index contributed by atoms with van der Waals surface area (Å²) in [6, 6.07) is 28.4. The van der Waals surface area contributed by atoms with E-state index in [1.807, 2.05) is 78.9 Å². The van der Waals surface area contributed by atoms with Crippen molar-refractivity contribution in [3.8, 4) is 16.9 Å². The van der Waals surface area contributed by atoms with E-state index in [0.717, 1.165) is 16.3 Å². The number of nitrogens with one attached hydrogen (secondary N) is 1. The molecule has 0 saturated heterocycles. The van der Waals surface area contributed by atoms with E-state index in [4.69, 9.17) is 0 Å². The van der Waals surface area contributed by atoms with Gasteiger partial charge in [-0.1, -0.05) is 72.8 Å². The number of fused-ring (bicyclic) bond motifs is 1. The summed E-state index contributed by atoms with van der Waals surface area (Å²) in [6.07, 6.45) is 0. The van der Waals surface area contributed by atoms with Gasteiger partial charge in [0.15, 0.2) is 0 Å². The Balaban J connectivity index is 1.77. The van der Waals surface area contributed by atoms with E-state index in [0.29, 0.717) is 11.3 Å². The van der Waals surface area contributed by atoms with E-state index in [1.165, 1.54) is 0 Å². The number of benzene rings is 4. The number of hydrogen-bond donors (Lipinski definition) is 2. The van der Waals surface area contributed by atoms with Crippen molar-refractivity contribution in [2.75, 3.05) is 5.32 Å². The first-order valence-electron chi connectivity index (χ1n) is 8.40. The van der Waals surface area contributed by atoms with Crippen LogP contribution in [0.15, 0.2) is 91.0 Å². The predicted molar refractivity (Wildman–Crippen MR) is 105 cm³/mol. The highest BCUT2D eigenvalue weighted by molar-refractivity contribution is 6.08. The number of aromatic hydroxyl groups is 1. The molecule has 4 aromatic carbocycles. The van der Waals surface area contributed by atoms with Gasteiger partial charge in [-0.15, -0.1) is 0 Å². The summed E-state index contributed by atoms with van der Waals surface area (Å²) in [5, 5.41) is 15.7. The Morgan fingerprint density at radius 2 is 1.35 bits per heavy atom. The van der Waals surface area contributed by atoms with Crippen molar-refractivity contribution in [3.63, 3.8) is 0 Å². The molecule has 0 fully saturated rings. The normalized spacial score (nSPS) is 10.6. The van der Waals surface area contributed by atoms with Crippen LogP contribution in [0.3, 0.4) is 0 Å². The maximum absolute atomic E-state index is 12.6. The number of amides is 1. The Labute approximate surface area is 151 Å². The van der Waals surface area contributed by atoms with Crippen molar-refractivity contribution in [1.82, 2.24) is 0 Å². The van der Waals surface area contributed by atoms with Crippen LogP contribution in [0.2, 0.25) is 0 Å². The van der Waals surface area contributed by atoms with Gasteiger partial charge in [-0.3, -0.25) is 4.79 Å². The first kappa shape index (κ1) is 15.9. The maximum Gasteiger partial charge on any atom is 0.259 e. The second-order valence-corrected chi connectivity index (χ2v) is 6.05. The molecule has 4 rings (SSSR count). The summed E-state index contributed by atoms with van der Waals surface area (Å²) in [5.74, 6) is -0.354. The van der Waals surface area contributed by atoms with E-state index >= 15 is 0 Å². The van der Waals surface area contributed by atoms with Gasteiger partial charge >= 0.3 is 0 Å². The molecule has 0 aromatic heterocycles. The highest BCUT2D eigenvalue weighted by Crippen LogP contribution is 2.36. The molecular formula is C23H17NO2. The molecule has 0 aliphatic carbocycles. The van der Waals surface area contributed by atoms with Crippen molar-refractivity contribution in [2.45, 2.75) is 0 Å². The van der Waals surface area contributed by atoms with Gasteiger partial charge < -0.3 is 10.4 Å². The van der Waals surface area contributed by atoms with E-state index in [2.05, 4.69) is 5.32 Å². The number of anilines is 1. The van der Waals surface area contributed by atoms with Crippen molar-refractivity contribution in [2.24, 2.45) is 0 Å². The predicted octanol–water partition coefficient (Wildman–Crippen LogP) is 5.46. The smallest absolute Gasteiger partial charge is 0.259 e. The van der Waals surface area contributed by atoms with E-state index < -0.39 is 0 Å². The molecule has 0 aliphatic rings. The highest BCUT2D eigenvalue weighted by Gasteiger charge is 2.16. The third-order valence-electron chi connectivity index (χ3n) is 4.39. The molecule has 0 atom stereocenters. The Morgan fingerprint density at radius 3 is 2.19 bits per heavy atom. The fraction of sp³-hybridized carbons (Fsp3) is 0. The molecule has 0 saturated carbocycles. The topological polar surface area (TPSA) is 49.3 Å². The molecule has 0 unspecified atom stereocenters. The van der Waals surface area contributed by atoms with Crippen LogP contribution in [0.1, 0.15) is 10.4 Å². The SMILES string of the molecule is O=C(Nc1ccccc1)c1cccc(-c2cccc3ccccc23)c1O. The van der Waals surface area contributed by atoms with Gasteiger partial charge in [0.05, 0.1) is 5.56 Å². The third kappa shape index (κ3) is 2.91. The van der Waals surface area contributed by atoms with Crippen molar-refractivity contribution in [3.05, 3.63) is 96.6 Å². The summed E-state index contributed by atoms with van der Waals surface area (Å²) >= 11 is 0. The number of phenolic OH excluding ortho intramolecular Hbond substituents is 1. The summed E-state index contributed by atoms with van der Waals surface area (Å²) in [6.45, 7) is 0. The lowest BCUT2D eigenvalue weighted by Gasteiger charge is -2.12. The fourth-order valence-electron chi connectivity index (χ4n) is 3.12. The molecule has 3 nitrogen and oxygen atoms in total. The molecule has 3 heteroatoms. The molecule has 2 N–H and O–H groups in total. The van der Waals surface area contributed by atoms with Crippen LogP contribution in [0.5, 0.6) is 5.75 Å². The quantitative estimate of drug-likeness (QED) is 0.520. The van der Waals surface area contributed by atoms with Gasteiger partial charge in [-0.25, -0.2) is 0 Å². The van der Waals surface area contributed by atoms with Crippen LogP contribution in [0.25, 0.3) is 21.9 Å². The molecule has 126 valence electrons. The van der Waals surface area contributed by atoms with Gasteiger partial charge in [0.25, 0.3) is 5.91 Å². The Hall–Kier alpha value is -3.59. The monoisotopic (exact) mass is 339 g/mol. The number of para-hydroxylation sites is 2. The summed E-state index contributed by atoms with van der Waals surface area (Å²) in [7, 11) is 0. The van der Waals surface area contributed by atoms with Crippen molar-refractivity contribution in [1.29, 1.82) is 0 Å². The first-order valence-corrected chi connectivity index (χ1v) is 8.40. The lowest BCUT2D eigenvalue weighted by atomic mass is 9.96. The van der Waals surface area contributed by atoms with Crippen LogP contribution in [0.4, 0.5) is 5.69 Å². The molecule has 0 aliphatic heterocycles. The van der Waals surface area contributed by atoms with Crippen LogP contribution in [0, 0.1) is 0 Å². The molecular weight excluding hydrogens is 322 g/mol. The lowest BCUT2D eigenvalue weighted by Crippen LogP contribution is -2.12. The third-order valence-corrected chi connectivity index (χ3v) is 4.39. The molecule has 0 heterocycles. The Morgan fingerprint density at radius 1 is 0.692 bits per heavy atom. The number of phenols is 1. The van der Waals surface area contributed by atoms with Crippen LogP contribution < -0.4 is 5.32 Å². The Bertz CT molecular complexity index is 1080. The standard InChI is InChI=1S/C23H17NO2/c25-22-20(19-13-6-9-16-8-4-5-12-18(16)19)14-7-15-21(22)23(26)24-17-10-2-1-3-11-17/h1-15,25H,(H,24,26). The first-order chi connectivity index (χ1) is 12.7. The van der Waals surface area contributed by atoms with Crippen LogP contribution >= 0.6 is 0 Å². The fourth-order valence-corrected chi connectivity index (χ4v) is 3.12. The molecule has 0 radical (unpaired) electrons. The number of hydrogen-bond acceptors (Lipinski definition) is 2. The molecule has 1 amide bonds. The second kappa shape index (κ2) is 6.73. The highest BCUT2D eigenvalue weighted by atomic mass is 16.3. The van der Waals surface area contributed by atoms with Crippen LogP contribution in [-0.2, 0) is 0 Å². The van der Waals surface area contributed by atoms with Gasteiger partial charge in [0.1, 0.15) is 5.75 Å². The van der Waals surface area contributed by atoms with Crippen molar-refractivity contribution < 1.29 is 9.90 Å². The average Bonchev–Trinajstić information content (AvgIpc) is 2.68. The summed E-state index contributed by atoms with van der Waals surface area (Å²) in [4.78, 5) is 12.6. The lowest BCUT2D eigenvalue weighted by molar-refractivity contribution is 0.102. The molecule has 4 aromatic rings. The van der Waals surface area contributed by atoms with Crippen molar-refractivity contribution >= 4 is 22.4 Å².